The Morgan fingerprint density at radius 3 is 2.88 bits per heavy atom. The highest BCUT2D eigenvalue weighted by atomic mass is 16.5. The second kappa shape index (κ2) is 7.68. The summed E-state index contributed by atoms with van der Waals surface area (Å²) in [7, 11) is 2.21. The van der Waals surface area contributed by atoms with Crippen molar-refractivity contribution in [2.24, 2.45) is 0 Å². The van der Waals surface area contributed by atoms with Gasteiger partial charge in [0.25, 0.3) is 0 Å². The number of piperidine rings is 1. The number of nitrogens with zero attached hydrogens (tertiary/aromatic N) is 3. The highest BCUT2D eigenvalue weighted by Gasteiger charge is 2.20. The first-order chi connectivity index (χ1) is 12.3. The van der Waals surface area contributed by atoms with Gasteiger partial charge >= 0.3 is 0 Å². The van der Waals surface area contributed by atoms with Crippen LogP contribution in [0.3, 0.4) is 0 Å². The summed E-state index contributed by atoms with van der Waals surface area (Å²) in [4.78, 5) is 9.79. The molecular formula is C20H28N4O. The predicted octanol–water partition coefficient (Wildman–Crippen LogP) is 2.26. The van der Waals surface area contributed by atoms with Crippen molar-refractivity contribution in [2.45, 2.75) is 25.4 Å². The minimum Gasteiger partial charge on any atom is -0.378 e. The van der Waals surface area contributed by atoms with Crippen molar-refractivity contribution < 1.29 is 4.74 Å². The van der Waals surface area contributed by atoms with E-state index in [9.17, 15) is 0 Å². The molecule has 2 fully saturated rings. The lowest BCUT2D eigenvalue weighted by molar-refractivity contribution is 0.122. The zero-order valence-corrected chi connectivity index (χ0v) is 15.1. The first-order valence-corrected chi connectivity index (χ1v) is 9.43. The molecule has 1 aromatic carbocycles. The van der Waals surface area contributed by atoms with E-state index in [2.05, 4.69) is 52.5 Å². The number of nitrogens with one attached hydrogen (secondary N) is 1. The van der Waals surface area contributed by atoms with Gasteiger partial charge in [-0.05, 0) is 38.6 Å². The summed E-state index contributed by atoms with van der Waals surface area (Å²) < 4.78 is 5.52. The Morgan fingerprint density at radius 1 is 1.20 bits per heavy atom. The topological polar surface area (TPSA) is 40.6 Å². The van der Waals surface area contributed by atoms with Gasteiger partial charge in [0.2, 0.25) is 0 Å². The van der Waals surface area contributed by atoms with E-state index < -0.39 is 0 Å². The number of likely N-dealkylation sites (N-methyl/N-ethyl adjacent to an activating group) is 1. The lowest BCUT2D eigenvalue weighted by atomic mass is 10.1. The Hall–Kier alpha value is -1.69. The average Bonchev–Trinajstić information content (AvgIpc) is 2.66. The zero-order chi connectivity index (χ0) is 17.1. The maximum Gasteiger partial charge on any atom is 0.133 e. The molecule has 2 aliphatic rings. The molecule has 1 N–H and O–H groups in total. The van der Waals surface area contributed by atoms with E-state index in [1.165, 1.54) is 30.3 Å². The fourth-order valence-electron chi connectivity index (χ4n) is 3.92. The molecule has 0 amide bonds. The number of benzene rings is 1. The monoisotopic (exact) mass is 340 g/mol. The number of likely N-dealkylation sites (tertiary alicyclic amines) is 1. The third-order valence-corrected chi connectivity index (χ3v) is 5.30. The Kier molecular flexibility index (Phi) is 5.15. The van der Waals surface area contributed by atoms with Gasteiger partial charge in [-0.3, -0.25) is 0 Å². The molecule has 4 rings (SSSR count). The van der Waals surface area contributed by atoms with Crippen LogP contribution in [0.4, 0.5) is 5.82 Å². The van der Waals surface area contributed by atoms with Gasteiger partial charge in [-0.2, -0.15) is 0 Å². The molecule has 2 aliphatic heterocycles. The zero-order valence-electron chi connectivity index (χ0n) is 15.1. The van der Waals surface area contributed by atoms with E-state index in [1.807, 2.05) is 0 Å². The Morgan fingerprint density at radius 2 is 2.04 bits per heavy atom. The molecule has 0 bridgehead atoms. The fourth-order valence-corrected chi connectivity index (χ4v) is 3.92. The molecule has 0 radical (unpaired) electrons. The minimum absolute atomic E-state index is 0.572. The molecule has 0 aliphatic carbocycles. The van der Waals surface area contributed by atoms with Gasteiger partial charge in [0.05, 0.1) is 18.7 Å². The molecule has 134 valence electrons. The van der Waals surface area contributed by atoms with Crippen molar-refractivity contribution in [1.29, 1.82) is 0 Å². The lowest BCUT2D eigenvalue weighted by Crippen LogP contribution is -2.44. The Labute approximate surface area is 150 Å². The standard InChI is InChI=1S/C20H28N4O/c1-23-8-4-6-18(15-23)21-14-17-13-16-5-2-3-7-19(16)22-20(17)24-9-11-25-12-10-24/h2-3,5,7,13,18,21H,4,6,8-12,14-15H2,1H3/t18-/m1/s1. The number of pyridine rings is 1. The van der Waals surface area contributed by atoms with Gasteiger partial charge in [-0.1, -0.05) is 18.2 Å². The number of ether oxygens (including phenoxy) is 1. The largest absolute Gasteiger partial charge is 0.378 e. The van der Waals surface area contributed by atoms with Crippen LogP contribution in [0, 0.1) is 0 Å². The summed E-state index contributed by atoms with van der Waals surface area (Å²) in [5.74, 6) is 1.12. The van der Waals surface area contributed by atoms with Gasteiger partial charge < -0.3 is 19.9 Å². The summed E-state index contributed by atoms with van der Waals surface area (Å²) in [6.07, 6.45) is 2.54. The summed E-state index contributed by atoms with van der Waals surface area (Å²) in [6, 6.07) is 11.3. The summed E-state index contributed by atoms with van der Waals surface area (Å²) in [5, 5.41) is 4.99. The molecule has 0 spiro atoms. The highest BCUT2D eigenvalue weighted by Crippen LogP contribution is 2.25. The smallest absolute Gasteiger partial charge is 0.133 e. The summed E-state index contributed by atoms with van der Waals surface area (Å²) in [6.45, 7) is 6.64. The van der Waals surface area contributed by atoms with Crippen molar-refractivity contribution in [3.8, 4) is 0 Å². The van der Waals surface area contributed by atoms with Crippen LogP contribution in [-0.2, 0) is 11.3 Å². The van der Waals surface area contributed by atoms with E-state index >= 15 is 0 Å². The number of rotatable bonds is 4. The SMILES string of the molecule is CN1CCC[C@@H](NCc2cc3ccccc3nc2N2CCOCC2)C1. The quantitative estimate of drug-likeness (QED) is 0.924. The number of para-hydroxylation sites is 1. The number of aromatic nitrogens is 1. The number of anilines is 1. The molecule has 5 nitrogen and oxygen atoms in total. The van der Waals surface area contributed by atoms with E-state index in [0.29, 0.717) is 6.04 Å². The van der Waals surface area contributed by atoms with E-state index in [-0.39, 0.29) is 0 Å². The number of hydrogen-bond acceptors (Lipinski definition) is 5. The fraction of sp³-hybridized carbons (Fsp3) is 0.550. The van der Waals surface area contributed by atoms with Crippen LogP contribution in [0.25, 0.3) is 10.9 Å². The molecular weight excluding hydrogens is 312 g/mol. The van der Waals surface area contributed by atoms with Crippen LogP contribution in [-0.4, -0.2) is 62.4 Å². The van der Waals surface area contributed by atoms with E-state index in [1.54, 1.807) is 0 Å². The van der Waals surface area contributed by atoms with Gasteiger partial charge in [0.1, 0.15) is 5.82 Å². The number of fused-ring (bicyclic) bond motifs is 1. The number of morpholine rings is 1. The maximum atomic E-state index is 5.52. The molecule has 0 unspecified atom stereocenters. The first-order valence-electron chi connectivity index (χ1n) is 9.43. The number of hydrogen-bond donors (Lipinski definition) is 1. The molecule has 3 heterocycles. The molecule has 5 heteroatoms. The van der Waals surface area contributed by atoms with Gasteiger partial charge in [-0.15, -0.1) is 0 Å². The lowest BCUT2D eigenvalue weighted by Gasteiger charge is -2.32. The first kappa shape index (κ1) is 16.8. The second-order valence-electron chi connectivity index (χ2n) is 7.25. The third-order valence-electron chi connectivity index (χ3n) is 5.30. The van der Waals surface area contributed by atoms with Gasteiger partial charge in [-0.25, -0.2) is 4.98 Å². The van der Waals surface area contributed by atoms with Crippen molar-refractivity contribution in [2.75, 3.05) is 51.3 Å². The van der Waals surface area contributed by atoms with Crippen LogP contribution >= 0.6 is 0 Å². The molecule has 1 aromatic heterocycles. The molecule has 2 aromatic rings. The molecule has 25 heavy (non-hydrogen) atoms. The Balaban J connectivity index is 1.58. The third kappa shape index (κ3) is 3.94. The summed E-state index contributed by atoms with van der Waals surface area (Å²) >= 11 is 0. The van der Waals surface area contributed by atoms with E-state index in [4.69, 9.17) is 9.72 Å². The Bertz CT molecular complexity index is 714. The average molecular weight is 340 g/mol. The molecule has 1 atom stereocenters. The normalized spacial score (nSPS) is 22.4. The van der Waals surface area contributed by atoms with Crippen LogP contribution in [0.2, 0.25) is 0 Å². The minimum atomic E-state index is 0.572. The summed E-state index contributed by atoms with van der Waals surface area (Å²) in [5.41, 5.74) is 2.37. The van der Waals surface area contributed by atoms with Crippen molar-refractivity contribution >= 4 is 16.7 Å². The van der Waals surface area contributed by atoms with Crippen molar-refractivity contribution in [1.82, 2.24) is 15.2 Å². The second-order valence-corrected chi connectivity index (χ2v) is 7.25. The van der Waals surface area contributed by atoms with Gasteiger partial charge in [0.15, 0.2) is 0 Å². The molecule has 0 saturated carbocycles. The van der Waals surface area contributed by atoms with Crippen LogP contribution in [0.1, 0.15) is 18.4 Å². The van der Waals surface area contributed by atoms with Crippen LogP contribution in [0.15, 0.2) is 30.3 Å². The maximum absolute atomic E-state index is 5.52. The van der Waals surface area contributed by atoms with Crippen molar-refractivity contribution in [3.63, 3.8) is 0 Å². The van der Waals surface area contributed by atoms with E-state index in [0.717, 1.165) is 50.7 Å². The predicted molar refractivity (Wildman–Crippen MR) is 102 cm³/mol. The van der Waals surface area contributed by atoms with Crippen molar-refractivity contribution in [3.05, 3.63) is 35.9 Å². The highest BCUT2D eigenvalue weighted by molar-refractivity contribution is 5.81. The van der Waals surface area contributed by atoms with Crippen LogP contribution < -0.4 is 10.2 Å². The van der Waals surface area contributed by atoms with Crippen LogP contribution in [0.5, 0.6) is 0 Å². The molecule has 2 saturated heterocycles. The van der Waals surface area contributed by atoms with Gasteiger partial charge in [0, 0.05) is 43.2 Å².